The molecule has 7 nitrogen and oxygen atoms in total. The lowest BCUT2D eigenvalue weighted by Crippen LogP contribution is -2.55. The number of benzene rings is 2. The summed E-state index contributed by atoms with van der Waals surface area (Å²) in [5.74, 6) is -0.0811. The summed E-state index contributed by atoms with van der Waals surface area (Å²) in [7, 11) is 0. The van der Waals surface area contributed by atoms with Gasteiger partial charge in [-0.25, -0.2) is 4.79 Å². The number of anilines is 1. The first-order valence-electron chi connectivity index (χ1n) is 10.5. The average Bonchev–Trinajstić information content (AvgIpc) is 2.78. The van der Waals surface area contributed by atoms with Crippen LogP contribution in [0.3, 0.4) is 0 Å². The molecule has 0 unspecified atom stereocenters. The minimum absolute atomic E-state index is 0.188. The van der Waals surface area contributed by atoms with Gasteiger partial charge in [-0.3, -0.25) is 9.78 Å². The fourth-order valence-electron chi connectivity index (χ4n) is 3.68. The van der Waals surface area contributed by atoms with Gasteiger partial charge in [0.25, 0.3) is 6.17 Å². The Hall–Kier alpha value is -3.13. The van der Waals surface area contributed by atoms with E-state index in [1.54, 1.807) is 40.7 Å². The third-order valence-electron chi connectivity index (χ3n) is 5.29. The highest BCUT2D eigenvalue weighted by Gasteiger charge is 2.37. The van der Waals surface area contributed by atoms with E-state index in [0.29, 0.717) is 10.9 Å². The lowest BCUT2D eigenvalue weighted by atomic mass is 10.0. The molecule has 1 aliphatic rings. The molecule has 0 amide bonds. The van der Waals surface area contributed by atoms with Crippen molar-refractivity contribution in [3.63, 3.8) is 0 Å². The van der Waals surface area contributed by atoms with Gasteiger partial charge in [0.05, 0.1) is 16.8 Å². The summed E-state index contributed by atoms with van der Waals surface area (Å²) in [6.45, 7) is 2.18. The van der Waals surface area contributed by atoms with Crippen molar-refractivity contribution in [3.8, 4) is 11.3 Å². The molecule has 0 fully saturated rings. The molecule has 1 aliphatic heterocycles. The Morgan fingerprint density at radius 1 is 1.13 bits per heavy atom. The number of aromatic nitrogens is 3. The topological polar surface area (TPSA) is 99.0 Å². The Morgan fingerprint density at radius 2 is 1.90 bits per heavy atom. The molecule has 2 heterocycles. The predicted molar refractivity (Wildman–Crippen MR) is 121 cm³/mol. The Morgan fingerprint density at radius 3 is 2.65 bits per heavy atom. The molecule has 3 N–H and O–H groups in total. The maximum absolute atomic E-state index is 13.1. The van der Waals surface area contributed by atoms with Crippen molar-refractivity contribution in [2.24, 2.45) is 0 Å². The number of carbonyl (C=O) groups is 1. The van der Waals surface area contributed by atoms with E-state index < -0.39 is 12.1 Å². The van der Waals surface area contributed by atoms with Crippen molar-refractivity contribution in [2.75, 3.05) is 11.1 Å². The Balaban J connectivity index is 1.72. The zero-order chi connectivity index (χ0) is 21.8. The van der Waals surface area contributed by atoms with Crippen LogP contribution in [-0.2, 0) is 0 Å². The van der Waals surface area contributed by atoms with Crippen molar-refractivity contribution < 1.29 is 14.6 Å². The van der Waals surface area contributed by atoms with E-state index in [4.69, 9.17) is 5.10 Å². The first-order chi connectivity index (χ1) is 15.1. The highest BCUT2D eigenvalue weighted by atomic mass is 32.2. The molecule has 8 heteroatoms. The Kier molecular flexibility index (Phi) is 6.36. The third-order valence-corrected chi connectivity index (χ3v) is 6.24. The predicted octanol–water partition coefficient (Wildman–Crippen LogP) is 4.07. The van der Waals surface area contributed by atoms with Gasteiger partial charge in [-0.1, -0.05) is 50.1 Å². The highest BCUT2D eigenvalue weighted by Crippen LogP contribution is 2.31. The van der Waals surface area contributed by atoms with Crippen molar-refractivity contribution >= 4 is 23.4 Å². The zero-order valence-corrected chi connectivity index (χ0v) is 18.1. The van der Waals surface area contributed by atoms with E-state index in [2.05, 4.69) is 17.2 Å². The zero-order valence-electron chi connectivity index (χ0n) is 17.3. The van der Waals surface area contributed by atoms with Crippen LogP contribution in [0.1, 0.15) is 54.7 Å². The number of fused-ring (bicyclic) bond motifs is 3. The third kappa shape index (κ3) is 4.49. The quantitative estimate of drug-likeness (QED) is 0.279. The van der Waals surface area contributed by atoms with Crippen LogP contribution in [0.4, 0.5) is 5.69 Å². The van der Waals surface area contributed by atoms with Crippen LogP contribution in [0.25, 0.3) is 11.3 Å². The molecule has 0 aliphatic carbocycles. The second kappa shape index (κ2) is 9.34. The smallest absolute Gasteiger partial charge is 0.335 e. The van der Waals surface area contributed by atoms with Gasteiger partial charge in [0.1, 0.15) is 0 Å². The van der Waals surface area contributed by atoms with E-state index in [9.17, 15) is 14.7 Å². The molecule has 0 radical (unpaired) electrons. The molecule has 1 aromatic heterocycles. The van der Waals surface area contributed by atoms with Crippen LogP contribution in [0, 0.1) is 0 Å². The fraction of sp³-hybridized carbons (Fsp3) is 0.304. The maximum atomic E-state index is 13.1. The number of aromatic amines is 1. The summed E-state index contributed by atoms with van der Waals surface area (Å²) in [4.78, 5) is 27.2. The number of hydrogen-bond donors (Lipinski definition) is 3. The maximum Gasteiger partial charge on any atom is 0.335 e. The summed E-state index contributed by atoms with van der Waals surface area (Å²) >= 11 is 1.55. The molecule has 0 saturated carbocycles. The van der Waals surface area contributed by atoms with Crippen molar-refractivity contribution in [1.82, 2.24) is 10.1 Å². The molecule has 160 valence electrons. The number of unbranched alkanes of at least 4 members (excludes halogenated alkanes) is 3. The van der Waals surface area contributed by atoms with Crippen LogP contribution in [0.2, 0.25) is 0 Å². The summed E-state index contributed by atoms with van der Waals surface area (Å²) in [5, 5.41) is 18.0. The molecule has 3 aromatic rings. The minimum Gasteiger partial charge on any atom is -0.478 e. The van der Waals surface area contributed by atoms with Gasteiger partial charge in [-0.05, 0) is 47.5 Å². The molecule has 2 aromatic carbocycles. The normalized spacial score (nSPS) is 14.4. The van der Waals surface area contributed by atoms with E-state index in [-0.39, 0.29) is 11.1 Å². The van der Waals surface area contributed by atoms with Crippen molar-refractivity contribution in [2.45, 2.75) is 43.9 Å². The molecular formula is C23H25N4O3S+. The fourth-order valence-corrected chi connectivity index (χ4v) is 4.54. The second-order valence-corrected chi connectivity index (χ2v) is 8.56. The Bertz CT molecular complexity index is 1140. The van der Waals surface area contributed by atoms with Gasteiger partial charge >= 0.3 is 17.2 Å². The van der Waals surface area contributed by atoms with Crippen LogP contribution < -0.4 is 15.6 Å². The number of H-pyrrole nitrogens is 1. The van der Waals surface area contributed by atoms with Gasteiger partial charge in [-0.2, -0.15) is 0 Å². The largest absolute Gasteiger partial charge is 0.478 e. The van der Waals surface area contributed by atoms with Crippen LogP contribution in [0.5, 0.6) is 0 Å². The van der Waals surface area contributed by atoms with E-state index in [0.717, 1.165) is 29.0 Å². The molecule has 0 bridgehead atoms. The number of para-hydroxylation sites is 1. The molecule has 31 heavy (non-hydrogen) atoms. The highest BCUT2D eigenvalue weighted by molar-refractivity contribution is 7.99. The van der Waals surface area contributed by atoms with Crippen molar-refractivity contribution in [3.05, 3.63) is 70.0 Å². The van der Waals surface area contributed by atoms with Gasteiger partial charge in [0, 0.05) is 16.4 Å². The van der Waals surface area contributed by atoms with Crippen molar-refractivity contribution in [1.29, 1.82) is 0 Å². The number of rotatable bonds is 8. The monoisotopic (exact) mass is 437 g/mol. The van der Waals surface area contributed by atoms with Gasteiger partial charge in [0.15, 0.2) is 0 Å². The summed E-state index contributed by atoms with van der Waals surface area (Å²) in [5.41, 5.74) is 2.95. The second-order valence-electron chi connectivity index (χ2n) is 7.48. The minimum atomic E-state index is -0.974. The van der Waals surface area contributed by atoms with Crippen LogP contribution in [-0.4, -0.2) is 26.9 Å². The Labute approximate surface area is 184 Å². The molecule has 1 atom stereocenters. The van der Waals surface area contributed by atoms with Gasteiger partial charge in [-0.15, -0.1) is 0 Å². The molecular weight excluding hydrogens is 412 g/mol. The van der Waals surface area contributed by atoms with Gasteiger partial charge in [0.2, 0.25) is 5.16 Å². The number of nitrogens with one attached hydrogen (secondary N) is 2. The van der Waals surface area contributed by atoms with Crippen LogP contribution >= 0.6 is 11.8 Å². The molecule has 4 rings (SSSR count). The number of carboxylic acid groups (broad SMARTS) is 1. The summed E-state index contributed by atoms with van der Waals surface area (Å²) in [6, 6.07) is 14.3. The number of aromatic carboxylic acids is 1. The number of thioether (sulfide) groups is 1. The van der Waals surface area contributed by atoms with E-state index in [1.165, 1.54) is 19.3 Å². The lowest BCUT2D eigenvalue weighted by Gasteiger charge is -2.22. The van der Waals surface area contributed by atoms with Crippen LogP contribution in [0.15, 0.2) is 58.5 Å². The van der Waals surface area contributed by atoms with E-state index >= 15 is 0 Å². The number of nitrogens with zero attached hydrogens (tertiary/aromatic N) is 2. The first kappa shape index (κ1) is 21.1. The SMILES string of the molecule is CCCCCCSc1n[n+]2c(c(=O)[nH]1)-c1ccccc1N[C@@H]2c1ccc(C(=O)O)cc1. The van der Waals surface area contributed by atoms with E-state index in [1.807, 2.05) is 24.3 Å². The standard InChI is InChI=1S/C23H24N4O3S/c1-2-3-4-7-14-31-23-25-21(28)19-17-8-5-6-9-18(17)24-20(27(19)26-23)15-10-12-16(13-11-15)22(29)30/h5-6,8-13,20H,2-4,7,14H2,1H3,(H2,25,26,28,29,30)/p+1/t20-/m0/s1. The molecule has 0 spiro atoms. The van der Waals surface area contributed by atoms with Gasteiger partial charge < -0.3 is 10.4 Å². The summed E-state index contributed by atoms with van der Waals surface area (Å²) in [6.07, 6.45) is 4.21. The average molecular weight is 438 g/mol. The lowest BCUT2D eigenvalue weighted by molar-refractivity contribution is -0.759. The number of hydrogen-bond acceptors (Lipinski definition) is 5. The first-order valence-corrected chi connectivity index (χ1v) is 11.4. The molecule has 0 saturated heterocycles. The summed E-state index contributed by atoms with van der Waals surface area (Å²) < 4.78 is 1.71. The number of carboxylic acids is 1.